The number of methoxy groups -OCH3 is 1. The van der Waals surface area contributed by atoms with E-state index in [9.17, 15) is 9.59 Å². The summed E-state index contributed by atoms with van der Waals surface area (Å²) in [6.07, 6.45) is 1.03. The van der Waals surface area contributed by atoms with Crippen LogP contribution in [0.3, 0.4) is 0 Å². The number of benzene rings is 1. The number of nitrogens with zero attached hydrogens (tertiary/aromatic N) is 2. The quantitative estimate of drug-likeness (QED) is 0.616. The summed E-state index contributed by atoms with van der Waals surface area (Å²) < 4.78 is 5.44. The van der Waals surface area contributed by atoms with E-state index >= 15 is 0 Å². The first-order valence-corrected chi connectivity index (χ1v) is 11.9. The minimum absolute atomic E-state index is 0. The van der Waals surface area contributed by atoms with Gasteiger partial charge in [-0.25, -0.2) is 4.98 Å². The van der Waals surface area contributed by atoms with Crippen LogP contribution in [0.4, 0.5) is 0 Å². The number of aryl methyl sites for hydroxylation is 1. The van der Waals surface area contributed by atoms with Crippen molar-refractivity contribution in [2.45, 2.75) is 58.7 Å². The Morgan fingerprint density at radius 3 is 2.52 bits per heavy atom. The lowest BCUT2D eigenvalue weighted by molar-refractivity contribution is -0.141. The Kier molecular flexibility index (Phi) is 9.43. The molecule has 2 amide bonds. The zero-order valence-electron chi connectivity index (χ0n) is 20.0. The molecule has 3 atom stereocenters. The maximum atomic E-state index is 13.0. The highest BCUT2D eigenvalue weighted by Crippen LogP contribution is 2.28. The highest BCUT2D eigenvalue weighted by atomic mass is 35.5. The summed E-state index contributed by atoms with van der Waals surface area (Å²) in [6, 6.07) is 7.11. The zero-order valence-corrected chi connectivity index (χ0v) is 21.6. The summed E-state index contributed by atoms with van der Waals surface area (Å²) in [7, 11) is 1.61. The van der Waals surface area contributed by atoms with Crippen LogP contribution in [0.5, 0.6) is 0 Å². The maximum Gasteiger partial charge on any atom is 0.242 e. The molecule has 0 saturated carbocycles. The average Bonchev–Trinajstić information content (AvgIpc) is 3.39. The van der Waals surface area contributed by atoms with Gasteiger partial charge in [0, 0.05) is 26.6 Å². The number of likely N-dealkylation sites (tertiary alicyclic amines) is 1. The molecule has 1 fully saturated rings. The topological polar surface area (TPSA) is 97.5 Å². The van der Waals surface area contributed by atoms with Crippen molar-refractivity contribution in [2.75, 3.05) is 20.2 Å². The van der Waals surface area contributed by atoms with Crippen molar-refractivity contribution in [3.8, 4) is 10.4 Å². The molecule has 0 spiro atoms. The van der Waals surface area contributed by atoms with Gasteiger partial charge in [-0.05, 0) is 29.9 Å². The lowest BCUT2D eigenvalue weighted by atomic mass is 9.86. The van der Waals surface area contributed by atoms with Crippen molar-refractivity contribution in [1.82, 2.24) is 15.2 Å². The first kappa shape index (κ1) is 27.2. The van der Waals surface area contributed by atoms with Crippen LogP contribution in [-0.2, 0) is 20.7 Å². The Hall–Kier alpha value is -2.00. The highest BCUT2D eigenvalue weighted by molar-refractivity contribution is 7.13. The molecule has 1 aromatic heterocycles. The second-order valence-corrected chi connectivity index (χ2v) is 10.3. The number of hydrogen-bond acceptors (Lipinski definition) is 6. The third-order valence-corrected chi connectivity index (χ3v) is 7.03. The van der Waals surface area contributed by atoms with Crippen molar-refractivity contribution in [2.24, 2.45) is 11.1 Å². The number of halogens is 1. The molecule has 0 bridgehead atoms. The molecule has 3 N–H and O–H groups in total. The summed E-state index contributed by atoms with van der Waals surface area (Å²) >= 11 is 1.63. The van der Waals surface area contributed by atoms with Gasteiger partial charge in [0.05, 0.1) is 28.2 Å². The van der Waals surface area contributed by atoms with Gasteiger partial charge < -0.3 is 20.7 Å². The number of amides is 2. The summed E-state index contributed by atoms with van der Waals surface area (Å²) in [5.74, 6) is -0.359. The fourth-order valence-electron chi connectivity index (χ4n) is 3.86. The first-order chi connectivity index (χ1) is 15.1. The fraction of sp³-hybridized carbons (Fsp3) is 0.542. The van der Waals surface area contributed by atoms with Gasteiger partial charge in [-0.3, -0.25) is 9.59 Å². The molecule has 1 aliphatic rings. The molecule has 0 radical (unpaired) electrons. The van der Waals surface area contributed by atoms with Gasteiger partial charge in [-0.2, -0.15) is 0 Å². The van der Waals surface area contributed by atoms with Crippen molar-refractivity contribution in [3.05, 3.63) is 41.0 Å². The number of carbonyl (C=O) groups excluding carboxylic acids is 2. The number of nitrogens with two attached hydrogens (primary N) is 1. The predicted molar refractivity (Wildman–Crippen MR) is 135 cm³/mol. The van der Waals surface area contributed by atoms with E-state index < -0.39 is 12.1 Å². The molecule has 0 unspecified atom stereocenters. The third-order valence-electron chi connectivity index (χ3n) is 6.06. The summed E-state index contributed by atoms with van der Waals surface area (Å²) in [6.45, 7) is 8.67. The number of rotatable bonds is 7. The first-order valence-electron chi connectivity index (χ1n) is 11.0. The van der Waals surface area contributed by atoms with E-state index in [1.54, 1.807) is 23.3 Å². The molecule has 1 aromatic carbocycles. The van der Waals surface area contributed by atoms with Crippen molar-refractivity contribution < 1.29 is 14.3 Å². The molecular weight excluding hydrogens is 460 g/mol. The highest BCUT2D eigenvalue weighted by Gasteiger charge is 2.43. The van der Waals surface area contributed by atoms with E-state index in [2.05, 4.69) is 34.6 Å². The molecule has 3 rings (SSSR count). The lowest BCUT2D eigenvalue weighted by Gasteiger charge is -2.32. The Morgan fingerprint density at radius 1 is 1.30 bits per heavy atom. The van der Waals surface area contributed by atoms with Gasteiger partial charge in [0.2, 0.25) is 11.8 Å². The van der Waals surface area contributed by atoms with Crippen LogP contribution in [0.1, 0.15) is 38.4 Å². The number of carbonyl (C=O) groups is 2. The van der Waals surface area contributed by atoms with Gasteiger partial charge in [-0.15, -0.1) is 23.7 Å². The molecule has 7 nitrogen and oxygen atoms in total. The van der Waals surface area contributed by atoms with Crippen LogP contribution in [0.15, 0.2) is 29.8 Å². The second kappa shape index (κ2) is 11.4. The van der Waals surface area contributed by atoms with Crippen molar-refractivity contribution in [1.29, 1.82) is 0 Å². The van der Waals surface area contributed by atoms with Crippen LogP contribution in [-0.4, -0.2) is 60.1 Å². The van der Waals surface area contributed by atoms with E-state index in [4.69, 9.17) is 10.5 Å². The molecule has 1 saturated heterocycles. The number of thiazole rings is 1. The number of aromatic nitrogens is 1. The smallest absolute Gasteiger partial charge is 0.242 e. The summed E-state index contributed by atoms with van der Waals surface area (Å²) in [4.78, 5) is 33.0. The zero-order chi connectivity index (χ0) is 23.5. The Morgan fingerprint density at radius 2 is 1.97 bits per heavy atom. The van der Waals surface area contributed by atoms with Crippen molar-refractivity contribution >= 4 is 35.6 Å². The van der Waals surface area contributed by atoms with Crippen molar-refractivity contribution in [3.63, 3.8) is 0 Å². The van der Waals surface area contributed by atoms with E-state index in [0.29, 0.717) is 25.9 Å². The maximum absolute atomic E-state index is 13.0. The number of nitrogens with one attached hydrogen (secondary N) is 1. The second-order valence-electron chi connectivity index (χ2n) is 9.45. The van der Waals surface area contributed by atoms with E-state index in [0.717, 1.165) is 16.8 Å². The van der Waals surface area contributed by atoms with Crippen LogP contribution in [0.2, 0.25) is 0 Å². The molecule has 182 valence electrons. The van der Waals surface area contributed by atoms with Gasteiger partial charge in [0.25, 0.3) is 0 Å². The molecular formula is C24H35ClN4O3S. The van der Waals surface area contributed by atoms with Gasteiger partial charge >= 0.3 is 0 Å². The van der Waals surface area contributed by atoms with Crippen LogP contribution in [0.25, 0.3) is 10.4 Å². The van der Waals surface area contributed by atoms with E-state index in [1.807, 2.05) is 33.2 Å². The molecule has 2 aromatic rings. The normalized spacial score (nSPS) is 19.2. The molecule has 33 heavy (non-hydrogen) atoms. The van der Waals surface area contributed by atoms with Crippen LogP contribution in [0, 0.1) is 12.3 Å². The Labute approximate surface area is 206 Å². The number of hydrogen-bond donors (Lipinski definition) is 2. The predicted octanol–water partition coefficient (Wildman–Crippen LogP) is 3.19. The molecule has 2 heterocycles. The van der Waals surface area contributed by atoms with Gasteiger partial charge in [-0.1, -0.05) is 45.0 Å². The monoisotopic (exact) mass is 494 g/mol. The molecule has 0 aliphatic carbocycles. The van der Waals surface area contributed by atoms with E-state index in [1.165, 1.54) is 4.88 Å². The fourth-order valence-corrected chi connectivity index (χ4v) is 4.67. The minimum atomic E-state index is -0.672. The minimum Gasteiger partial charge on any atom is -0.380 e. The lowest BCUT2D eigenvalue weighted by Crippen LogP contribution is -2.55. The SMILES string of the molecule is CO[C@H]1C[C@@H](C(=O)NCCc2ccc(-c3scnc3C)cc2)N(C(=O)[C@@H](N)C(C)(C)C)C1.Cl. The van der Waals surface area contributed by atoms with Gasteiger partial charge in [0.15, 0.2) is 0 Å². The standard InChI is InChI=1S/C24H34N4O3S.ClH/c1-15-20(32-14-27-15)17-8-6-16(7-9-17)10-11-26-22(29)19-12-18(31-5)13-28(19)23(30)21(25)24(2,3)4;/h6-9,14,18-19,21H,10-13,25H2,1-5H3,(H,26,29);1H/t18-,19-,21+;/m0./s1. The molecule has 1 aliphatic heterocycles. The average molecular weight is 495 g/mol. The number of ether oxygens (including phenoxy) is 1. The van der Waals surface area contributed by atoms with Gasteiger partial charge in [0.1, 0.15) is 6.04 Å². The molecule has 9 heteroatoms. The van der Waals surface area contributed by atoms with Crippen LogP contribution < -0.4 is 11.1 Å². The van der Waals surface area contributed by atoms with E-state index in [-0.39, 0.29) is 35.7 Å². The summed E-state index contributed by atoms with van der Waals surface area (Å²) in [5, 5.41) is 2.99. The van der Waals surface area contributed by atoms with Crippen LogP contribution >= 0.6 is 23.7 Å². The Bertz CT molecular complexity index is 942. The Balaban J connectivity index is 0.00000385. The largest absolute Gasteiger partial charge is 0.380 e. The summed E-state index contributed by atoms with van der Waals surface area (Å²) in [5.41, 5.74) is 11.0. The third kappa shape index (κ3) is 6.53.